The van der Waals surface area contributed by atoms with Crippen LogP contribution < -0.4 is 5.32 Å². The molecule has 1 fully saturated rings. The fourth-order valence-electron chi connectivity index (χ4n) is 3.01. The molecule has 0 bridgehead atoms. The second-order valence-electron chi connectivity index (χ2n) is 5.78. The van der Waals surface area contributed by atoms with Crippen molar-refractivity contribution in [2.45, 2.75) is 6.04 Å². The highest BCUT2D eigenvalue weighted by Crippen LogP contribution is 2.21. The number of rotatable bonds is 5. The lowest BCUT2D eigenvalue weighted by molar-refractivity contribution is 0.0148. The summed E-state index contributed by atoms with van der Waals surface area (Å²) in [6, 6.07) is 13.7. The second kappa shape index (κ2) is 7.44. The Kier molecular flexibility index (Phi) is 5.10. The Morgan fingerprint density at radius 3 is 2.57 bits per heavy atom. The van der Waals surface area contributed by atoms with E-state index in [1.165, 1.54) is 5.69 Å². The van der Waals surface area contributed by atoms with Gasteiger partial charge in [0.1, 0.15) is 0 Å². The predicted octanol–water partition coefficient (Wildman–Crippen LogP) is 1.83. The molecule has 5 heteroatoms. The number of nitrogens with zero attached hydrogens (tertiary/aromatic N) is 2. The molecule has 0 spiro atoms. The van der Waals surface area contributed by atoms with Gasteiger partial charge in [-0.1, -0.05) is 18.2 Å². The first kappa shape index (κ1) is 15.8. The van der Waals surface area contributed by atoms with Crippen LogP contribution in [0.25, 0.3) is 0 Å². The van der Waals surface area contributed by atoms with E-state index in [2.05, 4.69) is 20.9 Å². The molecule has 3 rings (SSSR count). The van der Waals surface area contributed by atoms with Gasteiger partial charge in [-0.3, -0.25) is 9.69 Å². The van der Waals surface area contributed by atoms with Crippen molar-refractivity contribution < 1.29 is 9.53 Å². The zero-order valence-electron chi connectivity index (χ0n) is 13.4. The SMILES string of the molecule is Cn1cccc1C(CNC(=O)c1ccccc1)N1CCOCC1. The summed E-state index contributed by atoms with van der Waals surface area (Å²) in [4.78, 5) is 14.7. The molecule has 5 nitrogen and oxygen atoms in total. The van der Waals surface area contributed by atoms with Crippen molar-refractivity contribution in [1.29, 1.82) is 0 Å². The van der Waals surface area contributed by atoms with E-state index in [0.717, 1.165) is 26.3 Å². The molecule has 1 aliphatic rings. The number of morpholine rings is 1. The van der Waals surface area contributed by atoms with Crippen LogP contribution in [0, 0.1) is 0 Å². The van der Waals surface area contributed by atoms with Gasteiger partial charge in [0.2, 0.25) is 0 Å². The highest BCUT2D eigenvalue weighted by Gasteiger charge is 2.24. The number of aryl methyl sites for hydroxylation is 1. The number of carbonyl (C=O) groups excluding carboxylic acids is 1. The van der Waals surface area contributed by atoms with Crippen molar-refractivity contribution in [3.8, 4) is 0 Å². The van der Waals surface area contributed by atoms with E-state index in [1.54, 1.807) is 0 Å². The lowest BCUT2D eigenvalue weighted by Crippen LogP contribution is -2.44. The minimum atomic E-state index is -0.0296. The van der Waals surface area contributed by atoms with E-state index < -0.39 is 0 Å². The number of nitrogens with one attached hydrogen (secondary N) is 1. The minimum Gasteiger partial charge on any atom is -0.379 e. The monoisotopic (exact) mass is 313 g/mol. The van der Waals surface area contributed by atoms with Crippen molar-refractivity contribution in [3.05, 3.63) is 59.9 Å². The minimum absolute atomic E-state index is 0.0296. The van der Waals surface area contributed by atoms with Crippen molar-refractivity contribution in [1.82, 2.24) is 14.8 Å². The summed E-state index contributed by atoms with van der Waals surface area (Å²) in [7, 11) is 2.04. The molecule has 2 heterocycles. The van der Waals surface area contributed by atoms with Crippen LogP contribution >= 0.6 is 0 Å². The van der Waals surface area contributed by atoms with E-state index in [-0.39, 0.29) is 11.9 Å². The zero-order valence-corrected chi connectivity index (χ0v) is 13.4. The van der Waals surface area contributed by atoms with Gasteiger partial charge in [0.15, 0.2) is 0 Å². The maximum atomic E-state index is 12.3. The number of aromatic nitrogens is 1. The Balaban J connectivity index is 1.71. The smallest absolute Gasteiger partial charge is 0.251 e. The molecule has 1 unspecified atom stereocenters. The maximum absolute atomic E-state index is 12.3. The fraction of sp³-hybridized carbons (Fsp3) is 0.389. The zero-order chi connectivity index (χ0) is 16.1. The molecule has 122 valence electrons. The summed E-state index contributed by atoms with van der Waals surface area (Å²) in [5, 5.41) is 3.08. The standard InChI is InChI=1S/C18H23N3O2/c1-20-9-5-8-16(20)17(21-10-12-23-13-11-21)14-19-18(22)15-6-3-2-4-7-15/h2-9,17H,10-14H2,1H3,(H,19,22). The summed E-state index contributed by atoms with van der Waals surface area (Å²) >= 11 is 0. The van der Waals surface area contributed by atoms with Crippen LogP contribution in [0.1, 0.15) is 22.1 Å². The lowest BCUT2D eigenvalue weighted by atomic mass is 10.1. The number of amides is 1. The Labute approximate surface area is 136 Å². The van der Waals surface area contributed by atoms with Crippen LogP contribution in [0.4, 0.5) is 0 Å². The van der Waals surface area contributed by atoms with Gasteiger partial charge >= 0.3 is 0 Å². The predicted molar refractivity (Wildman–Crippen MR) is 89.3 cm³/mol. The van der Waals surface area contributed by atoms with Crippen molar-refractivity contribution in [2.24, 2.45) is 7.05 Å². The molecule has 1 aliphatic heterocycles. The van der Waals surface area contributed by atoms with Gasteiger partial charge in [-0.15, -0.1) is 0 Å². The van der Waals surface area contributed by atoms with Gasteiger partial charge in [-0.25, -0.2) is 0 Å². The highest BCUT2D eigenvalue weighted by atomic mass is 16.5. The van der Waals surface area contributed by atoms with Gasteiger partial charge in [0, 0.05) is 44.1 Å². The van der Waals surface area contributed by atoms with Crippen LogP contribution in [0.3, 0.4) is 0 Å². The first-order valence-electron chi connectivity index (χ1n) is 8.02. The summed E-state index contributed by atoms with van der Waals surface area (Å²) in [5.74, 6) is -0.0296. The third kappa shape index (κ3) is 3.81. The summed E-state index contributed by atoms with van der Waals surface area (Å²) < 4.78 is 7.58. The first-order chi connectivity index (χ1) is 11.3. The molecule has 23 heavy (non-hydrogen) atoms. The topological polar surface area (TPSA) is 46.5 Å². The van der Waals surface area contributed by atoms with Gasteiger partial charge < -0.3 is 14.6 Å². The highest BCUT2D eigenvalue weighted by molar-refractivity contribution is 5.94. The van der Waals surface area contributed by atoms with E-state index in [0.29, 0.717) is 12.1 Å². The molecule has 1 aromatic heterocycles. The molecule has 0 saturated carbocycles. The van der Waals surface area contributed by atoms with E-state index in [1.807, 2.05) is 49.6 Å². The van der Waals surface area contributed by atoms with E-state index in [4.69, 9.17) is 4.74 Å². The maximum Gasteiger partial charge on any atom is 0.251 e. The summed E-state index contributed by atoms with van der Waals surface area (Å²) in [6.07, 6.45) is 2.04. The normalized spacial score (nSPS) is 16.9. The molecule has 1 atom stereocenters. The third-order valence-electron chi connectivity index (χ3n) is 4.30. The van der Waals surface area contributed by atoms with E-state index >= 15 is 0 Å². The van der Waals surface area contributed by atoms with Gasteiger partial charge in [-0.05, 0) is 24.3 Å². The number of benzene rings is 1. The van der Waals surface area contributed by atoms with Gasteiger partial charge in [0.25, 0.3) is 5.91 Å². The largest absolute Gasteiger partial charge is 0.379 e. The third-order valence-corrected chi connectivity index (χ3v) is 4.30. The number of hydrogen-bond acceptors (Lipinski definition) is 3. The van der Waals surface area contributed by atoms with Crippen LogP contribution in [-0.4, -0.2) is 48.2 Å². The molecule has 1 N–H and O–H groups in total. The van der Waals surface area contributed by atoms with Crippen LogP contribution in [0.15, 0.2) is 48.7 Å². The Bertz CT molecular complexity index is 633. The van der Waals surface area contributed by atoms with Gasteiger partial charge in [-0.2, -0.15) is 0 Å². The Morgan fingerprint density at radius 2 is 1.91 bits per heavy atom. The fourth-order valence-corrected chi connectivity index (χ4v) is 3.01. The van der Waals surface area contributed by atoms with Crippen LogP contribution in [0.2, 0.25) is 0 Å². The molecule has 1 aromatic carbocycles. The number of carbonyl (C=O) groups is 1. The van der Waals surface area contributed by atoms with Gasteiger partial charge in [0.05, 0.1) is 19.3 Å². The summed E-state index contributed by atoms with van der Waals surface area (Å²) in [5.41, 5.74) is 1.90. The molecular weight excluding hydrogens is 290 g/mol. The quantitative estimate of drug-likeness (QED) is 0.916. The Hall–Kier alpha value is -2.11. The average molecular weight is 313 g/mol. The van der Waals surface area contributed by atoms with Crippen LogP contribution in [0.5, 0.6) is 0 Å². The molecule has 1 saturated heterocycles. The molecule has 0 radical (unpaired) electrons. The molecule has 0 aliphatic carbocycles. The molecule has 2 aromatic rings. The molecule has 1 amide bonds. The number of hydrogen-bond donors (Lipinski definition) is 1. The van der Waals surface area contributed by atoms with Crippen molar-refractivity contribution in [2.75, 3.05) is 32.8 Å². The summed E-state index contributed by atoms with van der Waals surface area (Å²) in [6.45, 7) is 3.85. The Morgan fingerprint density at radius 1 is 1.17 bits per heavy atom. The average Bonchev–Trinajstić information content (AvgIpc) is 3.03. The van der Waals surface area contributed by atoms with Crippen molar-refractivity contribution >= 4 is 5.91 Å². The lowest BCUT2D eigenvalue weighted by Gasteiger charge is -2.35. The van der Waals surface area contributed by atoms with Crippen LogP contribution in [-0.2, 0) is 11.8 Å². The second-order valence-corrected chi connectivity index (χ2v) is 5.78. The number of ether oxygens (including phenoxy) is 1. The first-order valence-corrected chi connectivity index (χ1v) is 8.02. The molecular formula is C18H23N3O2. The van der Waals surface area contributed by atoms with E-state index in [9.17, 15) is 4.79 Å². The van der Waals surface area contributed by atoms with Crippen molar-refractivity contribution in [3.63, 3.8) is 0 Å².